The first-order valence-electron chi connectivity index (χ1n) is 3.98. The topological polar surface area (TPSA) is 44.5 Å². The maximum Gasteiger partial charge on any atom is 0.325 e. The second-order valence-corrected chi connectivity index (χ2v) is 5.50. The second kappa shape index (κ2) is 5.71. The van der Waals surface area contributed by atoms with E-state index >= 15 is 0 Å². The van der Waals surface area contributed by atoms with Gasteiger partial charge in [0.1, 0.15) is 0 Å². The molecule has 0 fully saturated rings. The minimum absolute atomic E-state index is 0.214. The van der Waals surface area contributed by atoms with Crippen LogP contribution in [0.3, 0.4) is 0 Å². The summed E-state index contributed by atoms with van der Waals surface area (Å²) in [7, 11) is 1.90. The van der Waals surface area contributed by atoms with Gasteiger partial charge >= 0.3 is 9.28 Å². The van der Waals surface area contributed by atoms with Crippen LogP contribution < -0.4 is 5.73 Å². The van der Waals surface area contributed by atoms with Crippen LogP contribution in [-0.2, 0) is 8.85 Å². The fourth-order valence-electron chi connectivity index (χ4n) is 1.10. The largest absolute Gasteiger partial charge is 0.400 e. The van der Waals surface area contributed by atoms with Crippen LogP contribution in [0.15, 0.2) is 0 Å². The molecule has 0 radical (unpaired) electrons. The van der Waals surface area contributed by atoms with E-state index in [-0.39, 0.29) is 6.04 Å². The third-order valence-electron chi connectivity index (χ3n) is 2.04. The molecule has 0 aliphatic heterocycles. The van der Waals surface area contributed by atoms with Crippen LogP contribution in [0.4, 0.5) is 0 Å². The summed E-state index contributed by atoms with van der Waals surface area (Å²) >= 11 is 0. The van der Waals surface area contributed by atoms with Gasteiger partial charge in [0.15, 0.2) is 0 Å². The Morgan fingerprint density at radius 1 is 1.36 bits per heavy atom. The van der Waals surface area contributed by atoms with Crippen molar-refractivity contribution in [2.75, 3.05) is 14.2 Å². The van der Waals surface area contributed by atoms with Crippen molar-refractivity contribution >= 4 is 9.28 Å². The van der Waals surface area contributed by atoms with E-state index in [0.717, 1.165) is 6.42 Å². The zero-order valence-corrected chi connectivity index (χ0v) is 8.99. The first-order valence-corrected chi connectivity index (χ1v) is 5.59. The van der Waals surface area contributed by atoms with E-state index in [0.29, 0.717) is 5.54 Å². The first kappa shape index (κ1) is 11.1. The van der Waals surface area contributed by atoms with Crippen molar-refractivity contribution in [3.8, 4) is 0 Å². The lowest BCUT2D eigenvalue weighted by atomic mass is 10.2. The van der Waals surface area contributed by atoms with Gasteiger partial charge in [-0.2, -0.15) is 0 Å². The van der Waals surface area contributed by atoms with Gasteiger partial charge in [-0.25, -0.2) is 0 Å². The molecule has 0 spiro atoms. The van der Waals surface area contributed by atoms with Gasteiger partial charge in [-0.05, 0) is 6.42 Å². The van der Waals surface area contributed by atoms with Gasteiger partial charge in [-0.1, -0.05) is 13.8 Å². The summed E-state index contributed by atoms with van der Waals surface area (Å²) in [5, 5.41) is 0. The minimum atomic E-state index is -1.49. The zero-order valence-electron chi connectivity index (χ0n) is 7.83. The van der Waals surface area contributed by atoms with Gasteiger partial charge in [0.25, 0.3) is 0 Å². The average Bonchev–Trinajstić information content (AvgIpc) is 2.05. The second-order valence-electron chi connectivity index (χ2n) is 2.77. The van der Waals surface area contributed by atoms with Gasteiger partial charge in [0.2, 0.25) is 0 Å². The fourth-order valence-corrected chi connectivity index (χ4v) is 2.83. The molecule has 0 amide bonds. The molecule has 11 heavy (non-hydrogen) atoms. The molecular weight excluding hydrogens is 158 g/mol. The lowest BCUT2D eigenvalue weighted by Gasteiger charge is -2.23. The molecule has 0 saturated heterocycles. The van der Waals surface area contributed by atoms with E-state index in [2.05, 4.69) is 13.8 Å². The van der Waals surface area contributed by atoms with Crippen molar-refractivity contribution in [1.82, 2.24) is 0 Å². The summed E-state index contributed by atoms with van der Waals surface area (Å²) in [6, 6.07) is 0.214. The summed E-state index contributed by atoms with van der Waals surface area (Å²) in [6.45, 7) is 4.18. The van der Waals surface area contributed by atoms with Crippen LogP contribution in [0.1, 0.15) is 20.3 Å². The van der Waals surface area contributed by atoms with Crippen molar-refractivity contribution in [3.05, 3.63) is 0 Å². The number of hydrogen-bond acceptors (Lipinski definition) is 3. The molecule has 0 bridgehead atoms. The average molecular weight is 177 g/mol. The molecule has 2 unspecified atom stereocenters. The Balaban J connectivity index is 3.86. The molecule has 0 rings (SSSR count). The highest BCUT2D eigenvalue weighted by Crippen LogP contribution is 2.15. The SMILES string of the molecule is CCC(N)C(C)[SiH](OC)OC. The highest BCUT2D eigenvalue weighted by Gasteiger charge is 2.24. The van der Waals surface area contributed by atoms with Crippen molar-refractivity contribution in [2.24, 2.45) is 5.73 Å². The fraction of sp³-hybridized carbons (Fsp3) is 1.00. The number of rotatable bonds is 5. The molecule has 68 valence electrons. The monoisotopic (exact) mass is 177 g/mol. The third-order valence-corrected chi connectivity index (χ3v) is 4.32. The van der Waals surface area contributed by atoms with Gasteiger partial charge in [0, 0.05) is 25.8 Å². The molecule has 0 aliphatic carbocycles. The Hall–Kier alpha value is 0.0969. The Labute approximate surface area is 70.7 Å². The Kier molecular flexibility index (Phi) is 5.76. The van der Waals surface area contributed by atoms with Crippen molar-refractivity contribution in [3.63, 3.8) is 0 Å². The lowest BCUT2D eigenvalue weighted by molar-refractivity contribution is 0.260. The maximum absolute atomic E-state index is 5.84. The van der Waals surface area contributed by atoms with Crippen molar-refractivity contribution < 1.29 is 8.85 Å². The minimum Gasteiger partial charge on any atom is -0.400 e. The molecule has 2 atom stereocenters. The van der Waals surface area contributed by atoms with E-state index in [1.165, 1.54) is 0 Å². The molecule has 0 aromatic heterocycles. The molecule has 0 aromatic rings. The predicted octanol–water partition coefficient (Wildman–Crippen LogP) is 0.627. The van der Waals surface area contributed by atoms with Crippen LogP contribution >= 0.6 is 0 Å². The van der Waals surface area contributed by atoms with E-state index < -0.39 is 9.28 Å². The van der Waals surface area contributed by atoms with Crippen LogP contribution in [0.2, 0.25) is 5.54 Å². The Bertz CT molecular complexity index is 98.4. The van der Waals surface area contributed by atoms with Crippen LogP contribution in [0.25, 0.3) is 0 Å². The molecule has 0 heterocycles. The molecule has 0 aliphatic rings. The third kappa shape index (κ3) is 3.33. The van der Waals surface area contributed by atoms with Crippen molar-refractivity contribution in [1.29, 1.82) is 0 Å². The predicted molar refractivity (Wildman–Crippen MR) is 48.9 cm³/mol. The number of hydrogen-bond donors (Lipinski definition) is 1. The highest BCUT2D eigenvalue weighted by atomic mass is 28.3. The van der Waals surface area contributed by atoms with E-state index in [4.69, 9.17) is 14.6 Å². The van der Waals surface area contributed by atoms with Gasteiger partial charge < -0.3 is 14.6 Å². The molecular formula is C7H19NO2Si. The van der Waals surface area contributed by atoms with Crippen LogP contribution in [-0.4, -0.2) is 29.5 Å². The lowest BCUT2D eigenvalue weighted by Crippen LogP contribution is -2.36. The molecule has 0 aromatic carbocycles. The van der Waals surface area contributed by atoms with Crippen LogP contribution in [0.5, 0.6) is 0 Å². The van der Waals surface area contributed by atoms with E-state index in [1.54, 1.807) is 14.2 Å². The highest BCUT2D eigenvalue weighted by molar-refractivity contribution is 6.46. The van der Waals surface area contributed by atoms with E-state index in [1.807, 2.05) is 0 Å². The summed E-state index contributed by atoms with van der Waals surface area (Å²) in [5.74, 6) is 0. The zero-order chi connectivity index (χ0) is 8.85. The van der Waals surface area contributed by atoms with Gasteiger partial charge in [0.05, 0.1) is 0 Å². The molecule has 2 N–H and O–H groups in total. The standard InChI is InChI=1S/C7H19NO2Si/c1-5-7(8)6(2)11(9-3)10-4/h6-7,11H,5,8H2,1-4H3. The molecule has 3 nitrogen and oxygen atoms in total. The van der Waals surface area contributed by atoms with Gasteiger partial charge in [-0.15, -0.1) is 0 Å². The summed E-state index contributed by atoms with van der Waals surface area (Å²) in [4.78, 5) is 0. The molecule has 0 saturated carbocycles. The number of nitrogens with two attached hydrogens (primary N) is 1. The van der Waals surface area contributed by atoms with Gasteiger partial charge in [-0.3, -0.25) is 0 Å². The van der Waals surface area contributed by atoms with Crippen LogP contribution in [0, 0.1) is 0 Å². The molecule has 4 heteroatoms. The first-order chi connectivity index (χ1) is 5.17. The normalized spacial score (nSPS) is 16.9. The smallest absolute Gasteiger partial charge is 0.325 e. The summed E-state index contributed by atoms with van der Waals surface area (Å²) in [5.41, 5.74) is 6.23. The summed E-state index contributed by atoms with van der Waals surface area (Å²) < 4.78 is 10.4. The maximum atomic E-state index is 5.84. The van der Waals surface area contributed by atoms with E-state index in [9.17, 15) is 0 Å². The summed E-state index contributed by atoms with van der Waals surface area (Å²) in [6.07, 6.45) is 0.984. The Morgan fingerprint density at radius 2 is 1.82 bits per heavy atom. The Morgan fingerprint density at radius 3 is 2.09 bits per heavy atom. The quantitative estimate of drug-likeness (QED) is 0.626. The van der Waals surface area contributed by atoms with Crippen molar-refractivity contribution in [2.45, 2.75) is 31.9 Å².